The molecule has 0 saturated heterocycles. The number of benzene rings is 1. The SMILES string of the molecule is CNCc1c(F)ccc(S(=O)(=O)Nc2nc(C)cs2)c1F. The Hall–Kier alpha value is -1.58. The number of aryl methyl sites for hydroxylation is 1. The summed E-state index contributed by atoms with van der Waals surface area (Å²) in [6, 6.07) is 1.82. The van der Waals surface area contributed by atoms with Gasteiger partial charge in [-0.05, 0) is 26.1 Å². The van der Waals surface area contributed by atoms with E-state index in [9.17, 15) is 17.2 Å². The third-order valence-corrected chi connectivity index (χ3v) is 5.00. The number of sulfonamides is 1. The first kappa shape index (κ1) is 15.8. The molecule has 0 aliphatic rings. The minimum absolute atomic E-state index is 0.114. The normalized spacial score (nSPS) is 11.6. The number of rotatable bonds is 5. The van der Waals surface area contributed by atoms with E-state index in [1.807, 2.05) is 0 Å². The number of nitrogens with one attached hydrogen (secondary N) is 2. The summed E-state index contributed by atoms with van der Waals surface area (Å²) in [5.74, 6) is -1.91. The minimum Gasteiger partial charge on any atom is -0.315 e. The lowest BCUT2D eigenvalue weighted by molar-refractivity contribution is 0.522. The van der Waals surface area contributed by atoms with Gasteiger partial charge in [-0.2, -0.15) is 0 Å². The van der Waals surface area contributed by atoms with Crippen molar-refractivity contribution >= 4 is 26.5 Å². The number of halogens is 2. The molecule has 0 radical (unpaired) electrons. The van der Waals surface area contributed by atoms with Crippen LogP contribution in [0.1, 0.15) is 11.3 Å². The van der Waals surface area contributed by atoms with Crippen molar-refractivity contribution in [1.82, 2.24) is 10.3 Å². The first-order valence-electron chi connectivity index (χ1n) is 5.91. The molecule has 2 N–H and O–H groups in total. The molecule has 9 heteroatoms. The molecule has 0 fully saturated rings. The van der Waals surface area contributed by atoms with E-state index in [0.717, 1.165) is 23.5 Å². The van der Waals surface area contributed by atoms with Gasteiger partial charge in [-0.25, -0.2) is 22.2 Å². The summed E-state index contributed by atoms with van der Waals surface area (Å²) < 4.78 is 54.3. The van der Waals surface area contributed by atoms with Crippen LogP contribution in [0.3, 0.4) is 0 Å². The van der Waals surface area contributed by atoms with Gasteiger partial charge in [-0.3, -0.25) is 4.72 Å². The van der Waals surface area contributed by atoms with Gasteiger partial charge in [0.25, 0.3) is 10.0 Å². The van der Waals surface area contributed by atoms with Crippen LogP contribution in [-0.4, -0.2) is 20.4 Å². The fraction of sp³-hybridized carbons (Fsp3) is 0.250. The average Bonchev–Trinajstić information content (AvgIpc) is 2.78. The van der Waals surface area contributed by atoms with E-state index < -0.39 is 26.6 Å². The Morgan fingerprint density at radius 2 is 2.05 bits per heavy atom. The molecule has 114 valence electrons. The van der Waals surface area contributed by atoms with Gasteiger partial charge in [-0.1, -0.05) is 0 Å². The van der Waals surface area contributed by atoms with Crippen molar-refractivity contribution in [2.24, 2.45) is 0 Å². The standard InChI is InChI=1S/C12H13F2N3O2S2/c1-7-6-20-12(16-7)17-21(18,19)10-4-3-9(13)8(5-15-2)11(10)14/h3-4,6,15H,5H2,1-2H3,(H,16,17). The Morgan fingerprint density at radius 1 is 1.33 bits per heavy atom. The highest BCUT2D eigenvalue weighted by atomic mass is 32.2. The van der Waals surface area contributed by atoms with Crippen LogP contribution in [-0.2, 0) is 16.6 Å². The van der Waals surface area contributed by atoms with Crippen molar-refractivity contribution < 1.29 is 17.2 Å². The van der Waals surface area contributed by atoms with E-state index in [0.29, 0.717) is 5.69 Å². The predicted octanol–water partition coefficient (Wildman–Crippen LogP) is 2.25. The Labute approximate surface area is 125 Å². The largest absolute Gasteiger partial charge is 0.315 e. The Kier molecular flexibility index (Phi) is 4.55. The van der Waals surface area contributed by atoms with Gasteiger partial charge >= 0.3 is 0 Å². The highest BCUT2D eigenvalue weighted by molar-refractivity contribution is 7.93. The van der Waals surface area contributed by atoms with Gasteiger partial charge in [0, 0.05) is 17.5 Å². The lowest BCUT2D eigenvalue weighted by Crippen LogP contribution is -2.17. The third kappa shape index (κ3) is 3.36. The Balaban J connectivity index is 2.42. The zero-order chi connectivity index (χ0) is 15.6. The van der Waals surface area contributed by atoms with Crippen molar-refractivity contribution in [3.63, 3.8) is 0 Å². The van der Waals surface area contributed by atoms with Crippen molar-refractivity contribution in [2.75, 3.05) is 11.8 Å². The molecular weight excluding hydrogens is 320 g/mol. The molecule has 5 nitrogen and oxygen atoms in total. The predicted molar refractivity (Wildman–Crippen MR) is 76.8 cm³/mol. The summed E-state index contributed by atoms with van der Waals surface area (Å²) >= 11 is 1.08. The van der Waals surface area contributed by atoms with Crippen LogP contribution in [0.4, 0.5) is 13.9 Å². The lowest BCUT2D eigenvalue weighted by atomic mass is 10.2. The Morgan fingerprint density at radius 3 is 2.62 bits per heavy atom. The number of hydrogen-bond acceptors (Lipinski definition) is 5. The van der Waals surface area contributed by atoms with Crippen molar-refractivity contribution in [1.29, 1.82) is 0 Å². The minimum atomic E-state index is -4.16. The van der Waals surface area contributed by atoms with Crippen molar-refractivity contribution in [3.05, 3.63) is 40.4 Å². The van der Waals surface area contributed by atoms with Crippen LogP contribution in [0, 0.1) is 18.6 Å². The summed E-state index contributed by atoms with van der Waals surface area (Å²) in [6.45, 7) is 1.59. The van der Waals surface area contributed by atoms with Crippen molar-refractivity contribution in [3.8, 4) is 0 Å². The molecular formula is C12H13F2N3O2S2. The van der Waals surface area contributed by atoms with Gasteiger partial charge in [0.05, 0.1) is 5.69 Å². The van der Waals surface area contributed by atoms with E-state index in [4.69, 9.17) is 0 Å². The topological polar surface area (TPSA) is 71.1 Å². The van der Waals surface area contributed by atoms with E-state index >= 15 is 0 Å². The second-order valence-corrected chi connectivity index (χ2v) is 6.78. The smallest absolute Gasteiger partial charge is 0.266 e. The van der Waals surface area contributed by atoms with Crippen LogP contribution in [0.2, 0.25) is 0 Å². The molecule has 0 aliphatic heterocycles. The molecule has 0 saturated carbocycles. The maximum absolute atomic E-state index is 14.2. The number of anilines is 1. The van der Waals surface area contributed by atoms with Gasteiger partial charge in [0.2, 0.25) is 0 Å². The zero-order valence-corrected chi connectivity index (χ0v) is 12.9. The van der Waals surface area contributed by atoms with Crippen LogP contribution >= 0.6 is 11.3 Å². The molecule has 21 heavy (non-hydrogen) atoms. The molecule has 2 rings (SSSR count). The molecule has 2 aromatic rings. The van der Waals surface area contributed by atoms with E-state index in [1.165, 1.54) is 7.05 Å². The van der Waals surface area contributed by atoms with Crippen LogP contribution in [0.15, 0.2) is 22.4 Å². The Bertz CT molecular complexity index is 760. The van der Waals surface area contributed by atoms with Gasteiger partial charge < -0.3 is 5.32 Å². The highest BCUT2D eigenvalue weighted by Gasteiger charge is 2.24. The number of hydrogen-bond donors (Lipinski definition) is 2. The van der Waals surface area contributed by atoms with E-state index in [1.54, 1.807) is 12.3 Å². The van der Waals surface area contributed by atoms with Crippen LogP contribution < -0.4 is 10.0 Å². The number of nitrogens with zero attached hydrogens (tertiary/aromatic N) is 1. The fourth-order valence-corrected chi connectivity index (χ4v) is 3.74. The zero-order valence-electron chi connectivity index (χ0n) is 11.3. The van der Waals surface area contributed by atoms with Crippen molar-refractivity contribution in [2.45, 2.75) is 18.4 Å². The quantitative estimate of drug-likeness (QED) is 0.880. The maximum atomic E-state index is 14.2. The molecule has 1 aromatic heterocycles. The first-order valence-corrected chi connectivity index (χ1v) is 8.28. The fourth-order valence-electron chi connectivity index (χ4n) is 1.69. The molecule has 0 atom stereocenters. The monoisotopic (exact) mass is 333 g/mol. The molecule has 0 unspecified atom stereocenters. The molecule has 1 aromatic carbocycles. The van der Waals surface area contributed by atoms with Gasteiger partial charge in [-0.15, -0.1) is 11.3 Å². The average molecular weight is 333 g/mol. The van der Waals surface area contributed by atoms with E-state index in [-0.39, 0.29) is 17.2 Å². The van der Waals surface area contributed by atoms with Gasteiger partial charge in [0.1, 0.15) is 10.7 Å². The van der Waals surface area contributed by atoms with Crippen LogP contribution in [0.5, 0.6) is 0 Å². The summed E-state index contributed by atoms with van der Waals surface area (Å²) in [4.78, 5) is 3.34. The summed E-state index contributed by atoms with van der Waals surface area (Å²) in [5.41, 5.74) is 0.323. The lowest BCUT2D eigenvalue weighted by Gasteiger charge is -2.10. The molecule has 1 heterocycles. The highest BCUT2D eigenvalue weighted by Crippen LogP contribution is 2.24. The molecule has 0 amide bonds. The summed E-state index contributed by atoms with van der Waals surface area (Å²) in [7, 11) is -2.65. The van der Waals surface area contributed by atoms with Crippen LogP contribution in [0.25, 0.3) is 0 Å². The van der Waals surface area contributed by atoms with E-state index in [2.05, 4.69) is 15.0 Å². The molecule has 0 bridgehead atoms. The third-order valence-electron chi connectivity index (χ3n) is 2.63. The summed E-state index contributed by atoms with van der Waals surface area (Å²) in [6.07, 6.45) is 0. The molecule has 0 spiro atoms. The summed E-state index contributed by atoms with van der Waals surface area (Å²) in [5, 5.41) is 4.38. The molecule has 0 aliphatic carbocycles. The first-order chi connectivity index (χ1) is 9.85. The number of aromatic nitrogens is 1. The number of thiazole rings is 1. The maximum Gasteiger partial charge on any atom is 0.266 e. The van der Waals surface area contributed by atoms with Gasteiger partial charge in [0.15, 0.2) is 10.9 Å². The second-order valence-electron chi connectivity index (χ2n) is 4.27. The second kappa shape index (κ2) is 6.04.